The van der Waals surface area contributed by atoms with Crippen LogP contribution in [0.15, 0.2) is 36.4 Å². The van der Waals surface area contributed by atoms with Gasteiger partial charge in [-0.25, -0.2) is 8.78 Å². The molecule has 8 fully saturated rings. The van der Waals surface area contributed by atoms with Gasteiger partial charge in [-0.05, 0) is 223 Å². The Labute approximate surface area is 551 Å². The van der Waals surface area contributed by atoms with Crippen LogP contribution in [0.25, 0.3) is 22.1 Å². The van der Waals surface area contributed by atoms with Crippen LogP contribution in [0.5, 0.6) is 0 Å². The zero-order valence-corrected chi connectivity index (χ0v) is 53.6. The Bertz CT molecular complexity index is 2670. The summed E-state index contributed by atoms with van der Waals surface area (Å²) >= 11 is 3.43. The third kappa shape index (κ3) is 13.1. The van der Waals surface area contributed by atoms with Crippen molar-refractivity contribution in [3.63, 3.8) is 0 Å². The molecule has 2 aromatic heterocycles. The van der Waals surface area contributed by atoms with Gasteiger partial charge in [0.15, 0.2) is 17.4 Å². The van der Waals surface area contributed by atoms with Gasteiger partial charge in [0, 0.05) is 11.8 Å². The van der Waals surface area contributed by atoms with Gasteiger partial charge in [0.2, 0.25) is 0 Å². The number of nitrogens with one attached hydrogen (secondary N) is 1. The van der Waals surface area contributed by atoms with Crippen molar-refractivity contribution in [1.82, 2.24) is 30.4 Å². The molecule has 8 aliphatic carbocycles. The number of aromatic amines is 1. The van der Waals surface area contributed by atoms with Gasteiger partial charge in [-0.1, -0.05) is 70.6 Å². The topological polar surface area (TPSA) is 196 Å². The number of hydrogen-bond acceptors (Lipinski definition) is 11. The molecule has 8 aliphatic rings. The molecule has 16 atom stereocenters. The number of carbonyl (C=O) groups excluding carboxylic acids is 3. The number of nitrogens with zero attached hydrogens (tertiary/aromatic N) is 5. The molecule has 0 amide bonds. The summed E-state index contributed by atoms with van der Waals surface area (Å²) in [6.45, 7) is 13.9. The number of carbonyl (C=O) groups is 3. The molecule has 418 valence electrons. The van der Waals surface area contributed by atoms with Crippen LogP contribution < -0.4 is 108 Å². The van der Waals surface area contributed by atoms with Crippen molar-refractivity contribution in [2.45, 2.75) is 190 Å². The molecule has 12 rings (SSSR count). The maximum atomic E-state index is 14.1. The third-order valence-corrected chi connectivity index (χ3v) is 22.4. The molecule has 0 bridgehead atoms. The van der Waals surface area contributed by atoms with Crippen molar-refractivity contribution in [2.75, 3.05) is 5.33 Å². The maximum Gasteiger partial charge on any atom is 1.00 e. The standard InChI is InChI=1S/C28H38FN3O2.C22H35BrO2.C6H4FN3.CH2O3.2CH4.2K.H/c1-26(34)13-14-27(2)17(15-26)7-8-18-19-9-10-21(28(19,3)12-11-20(18)27)24(33)16-32-30-23-6-4-5-22(29)25(23)31-32;1-20(25)10-11-21(2)14(12-20)4-5-15-16-6-7-18(19(24)13-23)22(16,3)9-8-17(15)21;7-4-2-1-3-5-6(4)9-10-8-5;2-1-4-3;;;;;/h4-6,17-21,34H,7-16H2,1-3H3;14-18,25H,4-13H2,1-3H3;1-3H,(H,8,9,10);1,3H;2*1H4;;;/q;;;;;;2*+1;-1/p-1/t17-,18-,19-,20-,21+,26+,27-,28-;14-,15-,16-,17-,18+,20+,21-,22-;;;;;;;/m00......./s1. The number of benzene rings is 2. The largest absolute Gasteiger partial charge is 1.00 e. The molecule has 0 radical (unpaired) electrons. The quantitative estimate of drug-likeness (QED) is 0.0691. The second-order valence-electron chi connectivity index (χ2n) is 25.6. The van der Waals surface area contributed by atoms with Gasteiger partial charge in [0.25, 0.3) is 6.47 Å². The van der Waals surface area contributed by atoms with E-state index < -0.39 is 17.0 Å². The fourth-order valence-electron chi connectivity index (χ4n) is 18.1. The van der Waals surface area contributed by atoms with Gasteiger partial charge in [0.1, 0.15) is 34.4 Å². The number of fused-ring (bicyclic) bond motifs is 12. The summed E-state index contributed by atoms with van der Waals surface area (Å²) in [7, 11) is 0. The first-order valence-corrected chi connectivity index (χ1v) is 28.5. The van der Waals surface area contributed by atoms with E-state index in [9.17, 15) is 28.6 Å². The van der Waals surface area contributed by atoms with Gasteiger partial charge in [-0.3, -0.25) is 14.4 Å². The number of hydrogen-bond donors (Lipinski definition) is 3. The van der Waals surface area contributed by atoms with E-state index in [0.717, 1.165) is 81.5 Å². The Kier molecular flexibility index (Phi) is 23.3. The molecule has 0 unspecified atom stereocenters. The molecule has 3 N–H and O–H groups in total. The number of ketones is 2. The number of rotatable bonds is 6. The van der Waals surface area contributed by atoms with Crippen LogP contribution in [0.2, 0.25) is 0 Å². The van der Waals surface area contributed by atoms with E-state index in [0.29, 0.717) is 62.2 Å². The predicted molar refractivity (Wildman–Crippen MR) is 289 cm³/mol. The van der Waals surface area contributed by atoms with Crippen LogP contribution >= 0.6 is 15.9 Å². The molecular weight excluding hydrogens is 1100 g/mol. The normalized spacial score (nSPS) is 38.9. The van der Waals surface area contributed by atoms with E-state index in [1.54, 1.807) is 24.3 Å². The van der Waals surface area contributed by atoms with Gasteiger partial charge in [0.05, 0.1) is 16.5 Å². The molecule has 2 aromatic carbocycles. The molecule has 18 heteroatoms. The molecule has 0 spiro atoms. The number of para-hydroxylation sites is 1. The number of aliphatic hydroxyl groups is 2. The number of H-pyrrole nitrogens is 1. The summed E-state index contributed by atoms with van der Waals surface area (Å²) < 4.78 is 26.8. The van der Waals surface area contributed by atoms with E-state index in [4.69, 9.17) is 10.1 Å². The molecule has 77 heavy (non-hydrogen) atoms. The second-order valence-corrected chi connectivity index (χ2v) is 26.2. The first-order valence-electron chi connectivity index (χ1n) is 27.3. The minimum Gasteiger partial charge on any atom is -1.00 e. The molecule has 2 heterocycles. The fourth-order valence-corrected chi connectivity index (χ4v) is 18.5. The first kappa shape index (κ1) is 67.3. The van der Waals surface area contributed by atoms with Crippen molar-refractivity contribution in [3.8, 4) is 0 Å². The van der Waals surface area contributed by atoms with E-state index >= 15 is 0 Å². The number of halogens is 3. The minimum absolute atomic E-state index is 0. The van der Waals surface area contributed by atoms with E-state index in [1.807, 2.05) is 13.8 Å². The Morgan fingerprint density at radius 2 is 1.12 bits per heavy atom. The zero-order valence-electron chi connectivity index (χ0n) is 46.8. The van der Waals surface area contributed by atoms with Crippen molar-refractivity contribution in [1.29, 1.82) is 0 Å². The van der Waals surface area contributed by atoms with Crippen molar-refractivity contribution in [2.24, 2.45) is 80.8 Å². The van der Waals surface area contributed by atoms with E-state index in [2.05, 4.69) is 74.1 Å². The number of Topliss-reactive ketones (excluding diaryl/α,β-unsaturated/α-hetero) is 2. The second kappa shape index (κ2) is 26.6. The van der Waals surface area contributed by atoms with E-state index in [1.165, 1.54) is 74.7 Å². The molecule has 8 saturated carbocycles. The average Bonchev–Trinajstić information content (AvgIpc) is 4.17. The summed E-state index contributed by atoms with van der Waals surface area (Å²) in [5, 5.41) is 48.6. The Balaban J connectivity index is 0.000000262. The molecule has 0 aliphatic heterocycles. The van der Waals surface area contributed by atoms with Crippen LogP contribution in [0.4, 0.5) is 8.78 Å². The molecular formula is C59H87BrF2K2N6O7. The molecule has 4 aromatic rings. The fraction of sp³-hybridized carbons (Fsp3) is 0.746. The SMILES string of the molecule is C.C.C[C@@]1(O)CC[C@@]2(C)[C@@H](CC[C@@H]3[C@@H]2CC[C@]2(C)[C@@H](C(=O)CBr)CC[C@@H]32)C1.C[C@@]1(O)CC[C@@]2(C)[C@@H](CC[C@@H]3[C@@H]2CC[C@]2(C)[C@@H](C(=O)Cn4nc5cccc(F)c5n4)CC[C@@H]32)C1.Fc1cccc2n[nH]nc12.O=CO[O-].[H-].[K+].[K+]. The van der Waals surface area contributed by atoms with Crippen LogP contribution in [-0.4, -0.2) is 75.2 Å². The minimum atomic E-state index is -0.501. The summed E-state index contributed by atoms with van der Waals surface area (Å²) in [5.74, 6) is 5.96. The van der Waals surface area contributed by atoms with Gasteiger partial charge in [-0.15, -0.1) is 5.10 Å². The van der Waals surface area contributed by atoms with Crippen molar-refractivity contribution >= 4 is 56.0 Å². The maximum absolute atomic E-state index is 14.1. The third-order valence-electron chi connectivity index (χ3n) is 21.9. The summed E-state index contributed by atoms with van der Waals surface area (Å²) in [4.78, 5) is 38.7. The van der Waals surface area contributed by atoms with Crippen LogP contribution in [0.1, 0.15) is 173 Å². The number of alkyl halides is 1. The molecule has 0 saturated heterocycles. The van der Waals surface area contributed by atoms with Gasteiger partial charge < -0.3 is 21.8 Å². The van der Waals surface area contributed by atoms with Crippen LogP contribution in [0.3, 0.4) is 0 Å². The Morgan fingerprint density at radius 3 is 1.57 bits per heavy atom. The number of aromatic nitrogens is 6. The first-order chi connectivity index (χ1) is 34.6. The van der Waals surface area contributed by atoms with Crippen molar-refractivity contribution < 1.29 is 148 Å². The molecule has 13 nitrogen and oxygen atoms in total. The smallest absolute Gasteiger partial charge is 1.00 e. The van der Waals surface area contributed by atoms with Gasteiger partial charge in [-0.2, -0.15) is 25.3 Å². The average molecular weight is 1190 g/mol. The Morgan fingerprint density at radius 1 is 0.662 bits per heavy atom. The predicted octanol–water partition coefficient (Wildman–Crippen LogP) is 5.83. The van der Waals surface area contributed by atoms with E-state index in [-0.39, 0.29) is 172 Å². The van der Waals surface area contributed by atoms with Crippen LogP contribution in [-0.2, 0) is 25.8 Å². The van der Waals surface area contributed by atoms with Crippen LogP contribution in [0, 0.1) is 92.5 Å². The summed E-state index contributed by atoms with van der Waals surface area (Å²) in [6.07, 6.45) is 20.5. The monoisotopic (exact) mass is 1190 g/mol. The zero-order chi connectivity index (χ0) is 52.3. The van der Waals surface area contributed by atoms with Crippen molar-refractivity contribution in [3.05, 3.63) is 48.0 Å². The summed E-state index contributed by atoms with van der Waals surface area (Å²) in [5.41, 5.74) is 1.68. The Hall–Kier alpha value is -0.457. The summed E-state index contributed by atoms with van der Waals surface area (Å²) in [6, 6.07) is 9.39. The van der Waals surface area contributed by atoms with Gasteiger partial charge >= 0.3 is 103 Å².